The third kappa shape index (κ3) is 4.47. The summed E-state index contributed by atoms with van der Waals surface area (Å²) in [5.74, 6) is -0.469. The Morgan fingerprint density at radius 2 is 1.72 bits per heavy atom. The Balaban J connectivity index is 1.64. The number of carbonyl (C=O) groups excluding carboxylic acids is 2. The maximum Gasteiger partial charge on any atom is 0.338 e. The van der Waals surface area contributed by atoms with Crippen molar-refractivity contribution in [1.29, 1.82) is 0 Å². The van der Waals surface area contributed by atoms with Crippen LogP contribution in [0.5, 0.6) is 0 Å². The fourth-order valence-electron chi connectivity index (χ4n) is 3.18. The second-order valence-corrected chi connectivity index (χ2v) is 6.35. The Kier molecular flexibility index (Phi) is 5.83. The molecule has 1 atom stereocenters. The number of ether oxygens (including phenoxy) is 1. The van der Waals surface area contributed by atoms with Gasteiger partial charge in [-0.15, -0.1) is 0 Å². The highest BCUT2D eigenvalue weighted by atomic mass is 16.5. The SMILES string of the molecule is O=CCC(COC(=O)c1ccccc1)c1ccc(N2CCCC2)cc1. The van der Waals surface area contributed by atoms with Crippen LogP contribution in [0.3, 0.4) is 0 Å². The summed E-state index contributed by atoms with van der Waals surface area (Å²) in [6.07, 6.45) is 3.70. The lowest BCUT2D eigenvalue weighted by molar-refractivity contribution is -0.108. The van der Waals surface area contributed by atoms with E-state index in [-0.39, 0.29) is 18.5 Å². The van der Waals surface area contributed by atoms with Gasteiger partial charge in [0.15, 0.2) is 0 Å². The molecule has 0 radical (unpaired) electrons. The normalized spacial score (nSPS) is 15.0. The first-order chi connectivity index (χ1) is 12.3. The molecule has 0 spiro atoms. The van der Waals surface area contributed by atoms with Crippen molar-refractivity contribution in [1.82, 2.24) is 0 Å². The van der Waals surface area contributed by atoms with Gasteiger partial charge >= 0.3 is 5.97 Å². The molecule has 0 saturated carbocycles. The van der Waals surface area contributed by atoms with Crippen molar-refractivity contribution in [3.05, 3.63) is 65.7 Å². The molecule has 3 rings (SSSR count). The number of esters is 1. The van der Waals surface area contributed by atoms with E-state index >= 15 is 0 Å². The lowest BCUT2D eigenvalue weighted by Crippen LogP contribution is -2.18. The monoisotopic (exact) mass is 337 g/mol. The molecule has 0 amide bonds. The molecule has 25 heavy (non-hydrogen) atoms. The minimum atomic E-state index is -0.356. The van der Waals surface area contributed by atoms with Gasteiger partial charge in [0.05, 0.1) is 12.2 Å². The molecular formula is C21H23NO3. The summed E-state index contributed by atoms with van der Waals surface area (Å²) in [6.45, 7) is 2.41. The Labute approximate surface area is 148 Å². The first-order valence-electron chi connectivity index (χ1n) is 8.78. The molecule has 1 aliphatic rings. The molecule has 4 nitrogen and oxygen atoms in total. The lowest BCUT2D eigenvalue weighted by atomic mass is 9.97. The summed E-state index contributed by atoms with van der Waals surface area (Å²) >= 11 is 0. The number of hydrogen-bond acceptors (Lipinski definition) is 4. The standard InChI is InChI=1S/C21H23NO3/c23-15-12-19(16-25-21(24)18-6-2-1-3-7-18)17-8-10-20(11-9-17)22-13-4-5-14-22/h1-3,6-11,15,19H,4-5,12-14,16H2. The molecule has 2 aromatic carbocycles. The quantitative estimate of drug-likeness (QED) is 0.569. The Hall–Kier alpha value is -2.62. The minimum absolute atomic E-state index is 0.113. The van der Waals surface area contributed by atoms with Crippen LogP contribution in [0.15, 0.2) is 54.6 Å². The van der Waals surface area contributed by atoms with Gasteiger partial charge in [-0.05, 0) is 42.7 Å². The van der Waals surface area contributed by atoms with Crippen molar-refractivity contribution in [2.24, 2.45) is 0 Å². The average molecular weight is 337 g/mol. The Morgan fingerprint density at radius 1 is 1.04 bits per heavy atom. The molecule has 0 N–H and O–H groups in total. The summed E-state index contributed by atoms with van der Waals surface area (Å²) in [6, 6.07) is 17.2. The predicted molar refractivity (Wildman–Crippen MR) is 98.0 cm³/mol. The van der Waals surface area contributed by atoms with Gasteiger partial charge in [0.1, 0.15) is 6.29 Å². The van der Waals surface area contributed by atoms with Crippen molar-refractivity contribution in [3.63, 3.8) is 0 Å². The third-order valence-electron chi connectivity index (χ3n) is 4.64. The molecule has 4 heteroatoms. The van der Waals surface area contributed by atoms with Crippen molar-refractivity contribution in [2.75, 3.05) is 24.6 Å². The van der Waals surface area contributed by atoms with Gasteiger partial charge in [0.25, 0.3) is 0 Å². The van der Waals surface area contributed by atoms with Crippen LogP contribution in [0.1, 0.15) is 41.1 Å². The van der Waals surface area contributed by atoms with Crippen LogP contribution in [0, 0.1) is 0 Å². The van der Waals surface area contributed by atoms with E-state index in [0.717, 1.165) is 24.9 Å². The van der Waals surface area contributed by atoms with Gasteiger partial charge in [0.2, 0.25) is 0 Å². The first-order valence-corrected chi connectivity index (χ1v) is 8.78. The summed E-state index contributed by atoms with van der Waals surface area (Å²) in [5, 5.41) is 0. The van der Waals surface area contributed by atoms with E-state index < -0.39 is 0 Å². The largest absolute Gasteiger partial charge is 0.461 e. The molecule has 0 aromatic heterocycles. The molecule has 130 valence electrons. The van der Waals surface area contributed by atoms with Crippen molar-refractivity contribution in [3.8, 4) is 0 Å². The average Bonchev–Trinajstić information content (AvgIpc) is 3.20. The Bertz CT molecular complexity index is 691. The zero-order valence-corrected chi connectivity index (χ0v) is 14.3. The number of carbonyl (C=O) groups is 2. The minimum Gasteiger partial charge on any atom is -0.461 e. The number of rotatable bonds is 7. The van der Waals surface area contributed by atoms with Crippen molar-refractivity contribution in [2.45, 2.75) is 25.2 Å². The van der Waals surface area contributed by atoms with Crippen LogP contribution in [-0.4, -0.2) is 32.0 Å². The van der Waals surface area contributed by atoms with Crippen LogP contribution in [0.4, 0.5) is 5.69 Å². The maximum absolute atomic E-state index is 12.1. The summed E-state index contributed by atoms with van der Waals surface area (Å²) in [4.78, 5) is 25.5. The fourth-order valence-corrected chi connectivity index (χ4v) is 3.18. The van der Waals surface area contributed by atoms with Gasteiger partial charge in [-0.1, -0.05) is 30.3 Å². The van der Waals surface area contributed by atoms with Crippen LogP contribution in [0.2, 0.25) is 0 Å². The molecule has 1 aliphatic heterocycles. The fraction of sp³-hybridized carbons (Fsp3) is 0.333. The number of hydrogen-bond donors (Lipinski definition) is 0. The molecule has 1 saturated heterocycles. The summed E-state index contributed by atoms with van der Waals surface area (Å²) in [7, 11) is 0. The first kappa shape index (κ1) is 17.2. The van der Waals surface area contributed by atoms with Crippen LogP contribution < -0.4 is 4.90 Å². The zero-order valence-electron chi connectivity index (χ0n) is 14.3. The van der Waals surface area contributed by atoms with Crippen molar-refractivity contribution >= 4 is 17.9 Å². The number of anilines is 1. The van der Waals surface area contributed by atoms with Gasteiger partial charge in [-0.2, -0.15) is 0 Å². The van der Waals surface area contributed by atoms with E-state index in [9.17, 15) is 9.59 Å². The molecule has 1 fully saturated rings. The number of aldehydes is 1. The third-order valence-corrected chi connectivity index (χ3v) is 4.64. The molecule has 1 heterocycles. The zero-order chi connectivity index (χ0) is 17.5. The van der Waals surface area contributed by atoms with Gasteiger partial charge in [-0.25, -0.2) is 4.79 Å². The van der Waals surface area contributed by atoms with E-state index in [1.54, 1.807) is 24.3 Å². The van der Waals surface area contributed by atoms with E-state index in [0.29, 0.717) is 12.0 Å². The summed E-state index contributed by atoms with van der Waals surface area (Å²) in [5.41, 5.74) is 2.76. The molecule has 0 aliphatic carbocycles. The molecular weight excluding hydrogens is 314 g/mol. The molecule has 0 bridgehead atoms. The smallest absolute Gasteiger partial charge is 0.338 e. The highest BCUT2D eigenvalue weighted by Crippen LogP contribution is 2.25. The van der Waals surface area contributed by atoms with E-state index in [4.69, 9.17) is 4.74 Å². The van der Waals surface area contributed by atoms with Gasteiger partial charge in [0, 0.05) is 31.1 Å². The lowest BCUT2D eigenvalue weighted by Gasteiger charge is -2.20. The van der Waals surface area contributed by atoms with Gasteiger partial charge < -0.3 is 14.4 Å². The molecule has 2 aromatic rings. The highest BCUT2D eigenvalue weighted by Gasteiger charge is 2.17. The van der Waals surface area contributed by atoms with Crippen molar-refractivity contribution < 1.29 is 14.3 Å². The van der Waals surface area contributed by atoms with E-state index in [1.165, 1.54) is 18.5 Å². The van der Waals surface area contributed by atoms with Crippen LogP contribution in [0.25, 0.3) is 0 Å². The predicted octanol–water partition coefficient (Wildman–Crippen LogP) is 3.82. The molecule has 1 unspecified atom stereocenters. The second kappa shape index (κ2) is 8.47. The second-order valence-electron chi connectivity index (χ2n) is 6.35. The number of nitrogens with zero attached hydrogens (tertiary/aromatic N) is 1. The van der Waals surface area contributed by atoms with Crippen LogP contribution in [-0.2, 0) is 9.53 Å². The topological polar surface area (TPSA) is 46.6 Å². The number of benzene rings is 2. The van der Waals surface area contributed by atoms with E-state index in [2.05, 4.69) is 17.0 Å². The van der Waals surface area contributed by atoms with E-state index in [1.807, 2.05) is 18.2 Å². The van der Waals surface area contributed by atoms with Gasteiger partial charge in [-0.3, -0.25) is 0 Å². The summed E-state index contributed by atoms with van der Waals surface area (Å²) < 4.78 is 5.42. The Morgan fingerprint density at radius 3 is 2.36 bits per heavy atom. The maximum atomic E-state index is 12.1. The highest BCUT2D eigenvalue weighted by molar-refractivity contribution is 5.89. The van der Waals surface area contributed by atoms with Crippen LogP contribution >= 0.6 is 0 Å².